The van der Waals surface area contributed by atoms with E-state index in [4.69, 9.17) is 0 Å². The van der Waals surface area contributed by atoms with Crippen LogP contribution < -0.4 is 16.0 Å². The second-order valence-corrected chi connectivity index (χ2v) is 5.78. The van der Waals surface area contributed by atoms with Gasteiger partial charge in [-0.2, -0.15) is 0 Å². The van der Waals surface area contributed by atoms with E-state index in [0.29, 0.717) is 5.56 Å². The molecular weight excluding hydrogens is 304 g/mol. The Balaban J connectivity index is 1.74. The molecule has 1 fully saturated rings. The Morgan fingerprint density at radius 1 is 1.22 bits per heavy atom. The summed E-state index contributed by atoms with van der Waals surface area (Å²) in [6.45, 7) is 1.62. The topological polar surface area (TPSA) is 70.2 Å². The first-order valence-corrected chi connectivity index (χ1v) is 7.74. The molecule has 3 amide bonds. The minimum atomic E-state index is -0.934. The summed E-state index contributed by atoms with van der Waals surface area (Å²) >= 11 is 0. The first-order chi connectivity index (χ1) is 11.0. The molecule has 1 aromatic rings. The largest absolute Gasteiger partial charge is 0.335 e. The van der Waals surface area contributed by atoms with Crippen molar-refractivity contribution in [1.82, 2.24) is 16.0 Å². The number of nitrogens with one attached hydrogen (secondary N) is 3. The maximum absolute atomic E-state index is 13.2. The lowest BCUT2D eigenvalue weighted by Gasteiger charge is -2.15. The fourth-order valence-corrected chi connectivity index (χ4v) is 2.61. The number of urea groups is 1. The summed E-state index contributed by atoms with van der Waals surface area (Å²) in [5.74, 6) is -2.33. The van der Waals surface area contributed by atoms with Gasteiger partial charge in [-0.15, -0.1) is 0 Å². The standard InChI is InChI=1S/C16H21F2N3O2/c1-10(11-6-7-13(17)14(18)8-11)19-9-15(22)21-16(23)20-12-4-2-3-5-12/h6-8,10,12,19H,2-5,9H2,1H3,(H2,20,21,22,23)/t10-/m0/s1. The molecular formula is C16H21F2N3O2. The van der Waals surface area contributed by atoms with E-state index < -0.39 is 23.6 Å². The summed E-state index contributed by atoms with van der Waals surface area (Å²) in [4.78, 5) is 23.4. The van der Waals surface area contributed by atoms with Crippen molar-refractivity contribution in [3.8, 4) is 0 Å². The third-order valence-corrected chi connectivity index (χ3v) is 3.96. The van der Waals surface area contributed by atoms with Crippen LogP contribution in [0.1, 0.15) is 44.2 Å². The van der Waals surface area contributed by atoms with Crippen molar-refractivity contribution in [2.75, 3.05) is 6.54 Å². The molecule has 0 radical (unpaired) electrons. The predicted octanol–water partition coefficient (Wildman–Crippen LogP) is 2.38. The molecule has 1 atom stereocenters. The van der Waals surface area contributed by atoms with Crippen molar-refractivity contribution in [1.29, 1.82) is 0 Å². The third-order valence-electron chi connectivity index (χ3n) is 3.96. The maximum atomic E-state index is 13.2. The van der Waals surface area contributed by atoms with Crippen LogP contribution in [-0.2, 0) is 4.79 Å². The highest BCUT2D eigenvalue weighted by Gasteiger charge is 2.18. The van der Waals surface area contributed by atoms with E-state index >= 15 is 0 Å². The Morgan fingerprint density at radius 3 is 2.57 bits per heavy atom. The minimum Gasteiger partial charge on any atom is -0.335 e. The fraction of sp³-hybridized carbons (Fsp3) is 0.500. The lowest BCUT2D eigenvalue weighted by Crippen LogP contribution is -2.46. The average molecular weight is 325 g/mol. The van der Waals surface area contributed by atoms with Crippen LogP contribution in [0.2, 0.25) is 0 Å². The van der Waals surface area contributed by atoms with Crippen LogP contribution in [0.4, 0.5) is 13.6 Å². The maximum Gasteiger partial charge on any atom is 0.321 e. The molecule has 23 heavy (non-hydrogen) atoms. The van der Waals surface area contributed by atoms with Crippen LogP contribution in [0.25, 0.3) is 0 Å². The van der Waals surface area contributed by atoms with E-state index in [2.05, 4.69) is 16.0 Å². The quantitative estimate of drug-likeness (QED) is 0.778. The first kappa shape index (κ1) is 17.3. The van der Waals surface area contributed by atoms with Gasteiger partial charge in [0, 0.05) is 12.1 Å². The summed E-state index contributed by atoms with van der Waals surface area (Å²) in [5, 5.41) is 7.86. The minimum absolute atomic E-state index is 0.0990. The van der Waals surface area contributed by atoms with Gasteiger partial charge < -0.3 is 10.6 Å². The Labute approximate surface area is 133 Å². The molecule has 1 aliphatic rings. The summed E-state index contributed by atoms with van der Waals surface area (Å²) in [6.07, 6.45) is 4.05. The summed E-state index contributed by atoms with van der Waals surface area (Å²) in [6, 6.07) is 2.85. The number of carbonyl (C=O) groups excluding carboxylic acids is 2. The lowest BCUT2D eigenvalue weighted by atomic mass is 10.1. The normalized spacial score (nSPS) is 16.1. The van der Waals surface area contributed by atoms with Crippen molar-refractivity contribution in [2.45, 2.75) is 44.7 Å². The van der Waals surface area contributed by atoms with Gasteiger partial charge in [0.15, 0.2) is 11.6 Å². The molecule has 1 saturated carbocycles. The molecule has 0 heterocycles. The zero-order valence-corrected chi connectivity index (χ0v) is 13.0. The molecule has 0 unspecified atom stereocenters. The molecule has 1 aromatic carbocycles. The lowest BCUT2D eigenvalue weighted by molar-refractivity contribution is -0.119. The smallest absolute Gasteiger partial charge is 0.321 e. The van der Waals surface area contributed by atoms with Crippen LogP contribution in [0.5, 0.6) is 0 Å². The van der Waals surface area contributed by atoms with Crippen LogP contribution in [-0.4, -0.2) is 24.5 Å². The number of rotatable bonds is 5. The van der Waals surface area contributed by atoms with Gasteiger partial charge in [0.1, 0.15) is 0 Å². The molecule has 126 valence electrons. The van der Waals surface area contributed by atoms with E-state index in [-0.39, 0.29) is 18.6 Å². The van der Waals surface area contributed by atoms with Gasteiger partial charge >= 0.3 is 6.03 Å². The number of hydrogen-bond donors (Lipinski definition) is 3. The van der Waals surface area contributed by atoms with E-state index in [9.17, 15) is 18.4 Å². The third kappa shape index (κ3) is 5.28. The van der Waals surface area contributed by atoms with E-state index in [1.165, 1.54) is 6.07 Å². The van der Waals surface area contributed by atoms with Crippen LogP contribution in [0.3, 0.4) is 0 Å². The van der Waals surface area contributed by atoms with Gasteiger partial charge in [0.25, 0.3) is 0 Å². The highest BCUT2D eigenvalue weighted by molar-refractivity contribution is 5.95. The molecule has 7 heteroatoms. The molecule has 0 aromatic heterocycles. The van der Waals surface area contributed by atoms with E-state index in [1.807, 2.05) is 0 Å². The fourth-order valence-electron chi connectivity index (χ4n) is 2.61. The Morgan fingerprint density at radius 2 is 1.91 bits per heavy atom. The van der Waals surface area contributed by atoms with Crippen LogP contribution >= 0.6 is 0 Å². The number of carbonyl (C=O) groups is 2. The number of hydrogen-bond acceptors (Lipinski definition) is 3. The molecule has 1 aliphatic carbocycles. The van der Waals surface area contributed by atoms with Crippen LogP contribution in [0, 0.1) is 11.6 Å². The van der Waals surface area contributed by atoms with E-state index in [1.54, 1.807) is 6.92 Å². The predicted molar refractivity (Wildman–Crippen MR) is 81.7 cm³/mol. The van der Waals surface area contributed by atoms with Gasteiger partial charge in [-0.1, -0.05) is 18.9 Å². The summed E-state index contributed by atoms with van der Waals surface area (Å²) in [7, 11) is 0. The van der Waals surface area contributed by atoms with Gasteiger partial charge in [-0.3, -0.25) is 10.1 Å². The summed E-state index contributed by atoms with van der Waals surface area (Å²) < 4.78 is 26.1. The first-order valence-electron chi connectivity index (χ1n) is 7.74. The van der Waals surface area contributed by atoms with E-state index in [0.717, 1.165) is 37.8 Å². The molecule has 0 bridgehead atoms. The monoisotopic (exact) mass is 325 g/mol. The molecule has 0 aliphatic heterocycles. The van der Waals surface area contributed by atoms with Gasteiger partial charge in [-0.05, 0) is 37.5 Å². The van der Waals surface area contributed by atoms with Crippen molar-refractivity contribution < 1.29 is 18.4 Å². The van der Waals surface area contributed by atoms with Crippen molar-refractivity contribution >= 4 is 11.9 Å². The molecule has 2 rings (SSSR count). The zero-order chi connectivity index (χ0) is 16.8. The van der Waals surface area contributed by atoms with Crippen molar-refractivity contribution in [2.24, 2.45) is 0 Å². The van der Waals surface area contributed by atoms with Crippen LogP contribution in [0.15, 0.2) is 18.2 Å². The highest BCUT2D eigenvalue weighted by Crippen LogP contribution is 2.17. The Kier molecular flexibility index (Phi) is 6.04. The zero-order valence-electron chi connectivity index (χ0n) is 13.0. The van der Waals surface area contributed by atoms with Crippen molar-refractivity contribution in [3.05, 3.63) is 35.4 Å². The number of benzene rings is 1. The molecule has 5 nitrogen and oxygen atoms in total. The van der Waals surface area contributed by atoms with Gasteiger partial charge in [0.05, 0.1) is 6.54 Å². The number of imide groups is 1. The number of halogens is 2. The second kappa shape index (κ2) is 8.01. The Hall–Kier alpha value is -2.02. The average Bonchev–Trinajstić information content (AvgIpc) is 3.00. The second-order valence-electron chi connectivity index (χ2n) is 5.78. The molecule has 0 saturated heterocycles. The molecule has 3 N–H and O–H groups in total. The Bertz CT molecular complexity index is 574. The van der Waals surface area contributed by atoms with Crippen molar-refractivity contribution in [3.63, 3.8) is 0 Å². The SMILES string of the molecule is C[C@H](NCC(=O)NC(=O)NC1CCCC1)c1ccc(F)c(F)c1. The number of amides is 3. The van der Waals surface area contributed by atoms with Gasteiger partial charge in [0.2, 0.25) is 5.91 Å². The summed E-state index contributed by atoms with van der Waals surface area (Å²) in [5.41, 5.74) is 0.520. The molecule has 0 spiro atoms. The highest BCUT2D eigenvalue weighted by atomic mass is 19.2. The van der Waals surface area contributed by atoms with Gasteiger partial charge in [-0.25, -0.2) is 13.6 Å².